The first-order chi connectivity index (χ1) is 10.1. The lowest BCUT2D eigenvalue weighted by molar-refractivity contribution is -0.139. The Morgan fingerprint density at radius 1 is 1.29 bits per heavy atom. The summed E-state index contributed by atoms with van der Waals surface area (Å²) in [6, 6.07) is 4.16. The maximum atomic E-state index is 12.6. The van der Waals surface area contributed by atoms with Crippen LogP contribution in [0.4, 0.5) is 0 Å². The highest BCUT2D eigenvalue weighted by Gasteiger charge is 2.37. The Morgan fingerprint density at radius 3 is 2.62 bits per heavy atom. The first kappa shape index (κ1) is 14.2. The Morgan fingerprint density at radius 2 is 2.00 bits per heavy atom. The first-order valence-corrected chi connectivity index (χ1v) is 7.81. The summed E-state index contributed by atoms with van der Waals surface area (Å²) in [7, 11) is 0. The summed E-state index contributed by atoms with van der Waals surface area (Å²) in [5.74, 6) is -0.968. The molecule has 0 aliphatic heterocycles. The SMILES string of the molecule is O=C(O)CC1(NC(=O)c2cccn2C2CC2)CCCCC1. The van der Waals surface area contributed by atoms with Crippen molar-refractivity contribution in [2.45, 2.75) is 62.9 Å². The maximum Gasteiger partial charge on any atom is 0.305 e. The molecule has 3 rings (SSSR count). The smallest absolute Gasteiger partial charge is 0.305 e. The van der Waals surface area contributed by atoms with Gasteiger partial charge in [-0.3, -0.25) is 9.59 Å². The van der Waals surface area contributed by atoms with Gasteiger partial charge in [0.25, 0.3) is 5.91 Å². The van der Waals surface area contributed by atoms with Gasteiger partial charge in [-0.25, -0.2) is 0 Å². The van der Waals surface area contributed by atoms with E-state index in [-0.39, 0.29) is 12.3 Å². The molecule has 114 valence electrons. The number of aromatic nitrogens is 1. The summed E-state index contributed by atoms with van der Waals surface area (Å²) < 4.78 is 2.02. The number of aliphatic carboxylic acids is 1. The van der Waals surface area contributed by atoms with Gasteiger partial charge in [0.2, 0.25) is 0 Å². The van der Waals surface area contributed by atoms with E-state index in [1.54, 1.807) is 0 Å². The quantitative estimate of drug-likeness (QED) is 0.876. The Bertz CT molecular complexity index is 539. The van der Waals surface area contributed by atoms with Crippen LogP contribution in [0.15, 0.2) is 18.3 Å². The molecular weight excluding hydrogens is 268 g/mol. The molecule has 1 amide bonds. The predicted octanol–water partition coefficient (Wildman–Crippen LogP) is 2.73. The van der Waals surface area contributed by atoms with Crippen molar-refractivity contribution in [2.24, 2.45) is 0 Å². The number of nitrogens with one attached hydrogen (secondary N) is 1. The summed E-state index contributed by atoms with van der Waals surface area (Å²) >= 11 is 0. The molecule has 0 spiro atoms. The normalized spacial score (nSPS) is 21.0. The van der Waals surface area contributed by atoms with Gasteiger partial charge in [-0.1, -0.05) is 19.3 Å². The number of carboxylic acids is 1. The fourth-order valence-corrected chi connectivity index (χ4v) is 3.43. The van der Waals surface area contributed by atoms with Crippen molar-refractivity contribution in [1.82, 2.24) is 9.88 Å². The highest BCUT2D eigenvalue weighted by atomic mass is 16.4. The molecule has 1 aromatic rings. The highest BCUT2D eigenvalue weighted by Crippen LogP contribution is 2.36. The monoisotopic (exact) mass is 290 g/mol. The summed E-state index contributed by atoms with van der Waals surface area (Å²) in [4.78, 5) is 23.8. The second kappa shape index (κ2) is 5.54. The largest absolute Gasteiger partial charge is 0.481 e. The molecule has 1 aromatic heterocycles. The van der Waals surface area contributed by atoms with E-state index < -0.39 is 11.5 Å². The minimum atomic E-state index is -0.838. The molecule has 2 aliphatic rings. The Labute approximate surface area is 124 Å². The number of carbonyl (C=O) groups is 2. The standard InChI is InChI=1S/C16H22N2O3/c19-14(20)11-16(8-2-1-3-9-16)17-15(21)13-5-4-10-18(13)12-6-7-12/h4-5,10,12H,1-3,6-9,11H2,(H,17,21)(H,19,20). The lowest BCUT2D eigenvalue weighted by atomic mass is 9.79. The number of carbonyl (C=O) groups excluding carboxylic acids is 1. The van der Waals surface area contributed by atoms with Gasteiger partial charge in [-0.2, -0.15) is 0 Å². The third-order valence-corrected chi connectivity index (χ3v) is 4.63. The number of rotatable bonds is 5. The molecule has 0 atom stereocenters. The van der Waals surface area contributed by atoms with Crippen molar-refractivity contribution in [3.05, 3.63) is 24.0 Å². The van der Waals surface area contributed by atoms with Crippen LogP contribution in [-0.4, -0.2) is 27.1 Å². The molecule has 0 unspecified atom stereocenters. The van der Waals surface area contributed by atoms with Crippen LogP contribution >= 0.6 is 0 Å². The molecule has 0 aromatic carbocycles. The Hall–Kier alpha value is -1.78. The second-order valence-corrected chi connectivity index (χ2v) is 6.40. The summed E-state index contributed by atoms with van der Waals surface area (Å²) in [6.07, 6.45) is 8.80. The van der Waals surface area contributed by atoms with Gasteiger partial charge in [0.15, 0.2) is 0 Å². The van der Waals surface area contributed by atoms with E-state index in [0.29, 0.717) is 11.7 Å². The zero-order chi connectivity index (χ0) is 14.9. The van der Waals surface area contributed by atoms with Crippen LogP contribution in [0, 0.1) is 0 Å². The molecule has 1 heterocycles. The lowest BCUT2D eigenvalue weighted by Gasteiger charge is -2.37. The van der Waals surface area contributed by atoms with E-state index >= 15 is 0 Å². The topological polar surface area (TPSA) is 71.3 Å². The van der Waals surface area contributed by atoms with Crippen molar-refractivity contribution in [3.8, 4) is 0 Å². The first-order valence-electron chi connectivity index (χ1n) is 7.81. The van der Waals surface area contributed by atoms with Crippen LogP contribution in [0.5, 0.6) is 0 Å². The van der Waals surface area contributed by atoms with Gasteiger partial charge in [0.1, 0.15) is 5.69 Å². The highest BCUT2D eigenvalue weighted by molar-refractivity contribution is 5.93. The van der Waals surface area contributed by atoms with Gasteiger partial charge in [-0.15, -0.1) is 0 Å². The van der Waals surface area contributed by atoms with Crippen molar-refractivity contribution in [1.29, 1.82) is 0 Å². The predicted molar refractivity (Wildman–Crippen MR) is 78.2 cm³/mol. The number of hydrogen-bond acceptors (Lipinski definition) is 2. The van der Waals surface area contributed by atoms with Crippen molar-refractivity contribution < 1.29 is 14.7 Å². The van der Waals surface area contributed by atoms with Gasteiger partial charge >= 0.3 is 5.97 Å². The van der Waals surface area contributed by atoms with Crippen molar-refractivity contribution in [2.75, 3.05) is 0 Å². The van der Waals surface area contributed by atoms with Gasteiger partial charge in [0.05, 0.1) is 12.0 Å². The molecule has 0 bridgehead atoms. The zero-order valence-corrected chi connectivity index (χ0v) is 12.2. The minimum Gasteiger partial charge on any atom is -0.481 e. The minimum absolute atomic E-state index is 0.0167. The van der Waals surface area contributed by atoms with E-state index in [0.717, 1.165) is 44.9 Å². The molecule has 5 heteroatoms. The third kappa shape index (κ3) is 3.12. The summed E-state index contributed by atoms with van der Waals surface area (Å²) in [6.45, 7) is 0. The molecule has 2 fully saturated rings. The molecule has 2 saturated carbocycles. The van der Waals surface area contributed by atoms with Crippen LogP contribution in [0.25, 0.3) is 0 Å². The number of carboxylic acid groups (broad SMARTS) is 1. The maximum absolute atomic E-state index is 12.6. The van der Waals surface area contributed by atoms with Crippen LogP contribution in [0.3, 0.4) is 0 Å². The molecule has 0 saturated heterocycles. The summed E-state index contributed by atoms with van der Waals surface area (Å²) in [5.41, 5.74) is 0.0904. The van der Waals surface area contributed by atoms with E-state index in [1.807, 2.05) is 22.9 Å². The average Bonchev–Trinajstić information content (AvgIpc) is 3.15. The second-order valence-electron chi connectivity index (χ2n) is 6.40. The van der Waals surface area contributed by atoms with Gasteiger partial charge < -0.3 is 15.0 Å². The molecule has 0 radical (unpaired) electrons. The van der Waals surface area contributed by atoms with E-state index in [4.69, 9.17) is 0 Å². The van der Waals surface area contributed by atoms with Gasteiger partial charge in [0, 0.05) is 12.2 Å². The van der Waals surface area contributed by atoms with Crippen molar-refractivity contribution >= 4 is 11.9 Å². The molecular formula is C16H22N2O3. The fraction of sp³-hybridized carbons (Fsp3) is 0.625. The zero-order valence-electron chi connectivity index (χ0n) is 12.2. The van der Waals surface area contributed by atoms with E-state index in [2.05, 4.69) is 5.32 Å². The Balaban J connectivity index is 1.76. The summed E-state index contributed by atoms with van der Waals surface area (Å²) in [5, 5.41) is 12.2. The lowest BCUT2D eigenvalue weighted by Crippen LogP contribution is -2.51. The Kier molecular flexibility index (Phi) is 3.74. The molecule has 5 nitrogen and oxygen atoms in total. The van der Waals surface area contributed by atoms with Crippen molar-refractivity contribution in [3.63, 3.8) is 0 Å². The number of hydrogen-bond donors (Lipinski definition) is 2. The fourth-order valence-electron chi connectivity index (χ4n) is 3.43. The van der Waals surface area contributed by atoms with Crippen LogP contribution in [-0.2, 0) is 4.79 Å². The van der Waals surface area contributed by atoms with E-state index in [9.17, 15) is 14.7 Å². The molecule has 21 heavy (non-hydrogen) atoms. The van der Waals surface area contributed by atoms with Crippen LogP contribution < -0.4 is 5.32 Å². The van der Waals surface area contributed by atoms with Crippen LogP contribution in [0.1, 0.15) is 67.9 Å². The average molecular weight is 290 g/mol. The number of nitrogens with zero attached hydrogens (tertiary/aromatic N) is 1. The molecule has 2 N–H and O–H groups in total. The number of amides is 1. The van der Waals surface area contributed by atoms with Gasteiger partial charge in [-0.05, 0) is 37.8 Å². The molecule has 2 aliphatic carbocycles. The van der Waals surface area contributed by atoms with Crippen LogP contribution in [0.2, 0.25) is 0 Å². The van der Waals surface area contributed by atoms with E-state index in [1.165, 1.54) is 0 Å². The third-order valence-electron chi connectivity index (χ3n) is 4.63.